The van der Waals surface area contributed by atoms with Crippen LogP contribution in [-0.4, -0.2) is 5.11 Å². The van der Waals surface area contributed by atoms with Gasteiger partial charge in [0.2, 0.25) is 0 Å². The van der Waals surface area contributed by atoms with Crippen LogP contribution in [0.1, 0.15) is 25.0 Å². The molecule has 1 nitrogen and oxygen atoms in total. The van der Waals surface area contributed by atoms with E-state index in [1.807, 2.05) is 19.1 Å². The van der Waals surface area contributed by atoms with Crippen LogP contribution >= 0.6 is 11.6 Å². The van der Waals surface area contributed by atoms with Gasteiger partial charge in [0, 0.05) is 5.02 Å². The molecule has 2 heteroatoms. The van der Waals surface area contributed by atoms with Gasteiger partial charge in [0.15, 0.2) is 0 Å². The van der Waals surface area contributed by atoms with E-state index in [9.17, 15) is 5.11 Å². The van der Waals surface area contributed by atoms with Crippen molar-refractivity contribution in [2.45, 2.75) is 19.4 Å². The van der Waals surface area contributed by atoms with E-state index in [0.29, 0.717) is 5.02 Å². The van der Waals surface area contributed by atoms with Gasteiger partial charge in [-0.25, -0.2) is 0 Å². The standard InChI is InChI=1S/C9H11ClO/c1-2-9(11)7-4-3-5-8(10)6-7/h3-6,9,11H,2H2,1H3/t9-/m1/s1. The number of aliphatic hydroxyl groups is 1. The van der Waals surface area contributed by atoms with Crippen molar-refractivity contribution in [3.05, 3.63) is 34.9 Å². The number of benzene rings is 1. The van der Waals surface area contributed by atoms with Crippen molar-refractivity contribution < 1.29 is 5.11 Å². The number of hydrogen-bond donors (Lipinski definition) is 1. The highest BCUT2D eigenvalue weighted by Gasteiger charge is 2.03. The largest absolute Gasteiger partial charge is 0.388 e. The first-order valence-corrected chi connectivity index (χ1v) is 4.05. The third-order valence-electron chi connectivity index (χ3n) is 1.62. The minimum atomic E-state index is -0.381. The fourth-order valence-corrected chi connectivity index (χ4v) is 1.15. The third-order valence-corrected chi connectivity index (χ3v) is 1.86. The van der Waals surface area contributed by atoms with E-state index in [1.165, 1.54) is 0 Å². The fourth-order valence-electron chi connectivity index (χ4n) is 0.950. The van der Waals surface area contributed by atoms with Gasteiger partial charge in [-0.2, -0.15) is 0 Å². The molecule has 0 amide bonds. The minimum Gasteiger partial charge on any atom is -0.388 e. The lowest BCUT2D eigenvalue weighted by Crippen LogP contribution is -1.93. The van der Waals surface area contributed by atoms with Crippen LogP contribution in [-0.2, 0) is 0 Å². The van der Waals surface area contributed by atoms with Crippen LogP contribution in [0.5, 0.6) is 0 Å². The number of halogens is 1. The Hall–Kier alpha value is -0.530. The van der Waals surface area contributed by atoms with Gasteiger partial charge in [0.25, 0.3) is 0 Å². The summed E-state index contributed by atoms with van der Waals surface area (Å²) in [6, 6.07) is 7.31. The highest BCUT2D eigenvalue weighted by atomic mass is 35.5. The average molecular weight is 171 g/mol. The fraction of sp³-hybridized carbons (Fsp3) is 0.333. The van der Waals surface area contributed by atoms with Gasteiger partial charge < -0.3 is 5.11 Å². The van der Waals surface area contributed by atoms with Crippen LogP contribution in [0.3, 0.4) is 0 Å². The molecule has 60 valence electrons. The molecule has 0 fully saturated rings. The molecule has 1 atom stereocenters. The molecular formula is C9H11ClO. The predicted octanol–water partition coefficient (Wildman–Crippen LogP) is 2.78. The van der Waals surface area contributed by atoms with E-state index in [-0.39, 0.29) is 6.10 Å². The summed E-state index contributed by atoms with van der Waals surface area (Å²) in [4.78, 5) is 0. The first kappa shape index (κ1) is 8.57. The smallest absolute Gasteiger partial charge is 0.0787 e. The van der Waals surface area contributed by atoms with Gasteiger partial charge in [-0.05, 0) is 24.1 Å². The van der Waals surface area contributed by atoms with Gasteiger partial charge in [-0.15, -0.1) is 0 Å². The first-order valence-electron chi connectivity index (χ1n) is 3.67. The summed E-state index contributed by atoms with van der Waals surface area (Å²) in [6.07, 6.45) is 0.342. The molecule has 1 N–H and O–H groups in total. The molecule has 1 rings (SSSR count). The highest BCUT2D eigenvalue weighted by Crippen LogP contribution is 2.19. The molecule has 0 saturated heterocycles. The molecule has 1 aromatic rings. The maximum absolute atomic E-state index is 9.40. The van der Waals surface area contributed by atoms with Crippen LogP contribution in [0.4, 0.5) is 0 Å². The second-order valence-electron chi connectivity index (χ2n) is 2.48. The summed E-state index contributed by atoms with van der Waals surface area (Å²) >= 11 is 5.73. The quantitative estimate of drug-likeness (QED) is 0.724. The Bertz CT molecular complexity index is 235. The normalized spacial score (nSPS) is 13.0. The highest BCUT2D eigenvalue weighted by molar-refractivity contribution is 6.30. The number of rotatable bonds is 2. The second kappa shape index (κ2) is 3.74. The van der Waals surface area contributed by atoms with Crippen LogP contribution in [0.2, 0.25) is 5.02 Å². The number of hydrogen-bond acceptors (Lipinski definition) is 1. The molecule has 0 spiro atoms. The van der Waals surface area contributed by atoms with E-state index in [0.717, 1.165) is 12.0 Å². The third kappa shape index (κ3) is 2.21. The Morgan fingerprint density at radius 2 is 2.27 bits per heavy atom. The molecule has 0 aliphatic rings. The minimum absolute atomic E-state index is 0.381. The molecular weight excluding hydrogens is 160 g/mol. The zero-order valence-electron chi connectivity index (χ0n) is 6.42. The molecule has 11 heavy (non-hydrogen) atoms. The Morgan fingerprint density at radius 3 is 2.82 bits per heavy atom. The molecule has 0 radical (unpaired) electrons. The SMILES string of the molecule is CC[C@@H](O)c1cccc(Cl)c1. The van der Waals surface area contributed by atoms with Crippen LogP contribution in [0.25, 0.3) is 0 Å². The maximum Gasteiger partial charge on any atom is 0.0787 e. The molecule has 0 aliphatic heterocycles. The van der Waals surface area contributed by atoms with Crippen LogP contribution in [0.15, 0.2) is 24.3 Å². The van der Waals surface area contributed by atoms with Gasteiger partial charge >= 0.3 is 0 Å². The summed E-state index contributed by atoms with van der Waals surface area (Å²) in [5, 5.41) is 10.1. The van der Waals surface area contributed by atoms with Crippen molar-refractivity contribution in [1.82, 2.24) is 0 Å². The van der Waals surface area contributed by atoms with Crippen molar-refractivity contribution in [3.63, 3.8) is 0 Å². The lowest BCUT2D eigenvalue weighted by Gasteiger charge is -2.06. The summed E-state index contributed by atoms with van der Waals surface area (Å²) < 4.78 is 0. The summed E-state index contributed by atoms with van der Waals surface area (Å²) in [7, 11) is 0. The average Bonchev–Trinajstić information content (AvgIpc) is 2.03. The van der Waals surface area contributed by atoms with Gasteiger partial charge in [0.05, 0.1) is 6.10 Å². The van der Waals surface area contributed by atoms with Crippen molar-refractivity contribution >= 4 is 11.6 Å². The van der Waals surface area contributed by atoms with Crippen LogP contribution < -0.4 is 0 Å². The summed E-state index contributed by atoms with van der Waals surface area (Å²) in [5.74, 6) is 0. The van der Waals surface area contributed by atoms with Gasteiger partial charge in [-0.1, -0.05) is 30.7 Å². The first-order chi connectivity index (χ1) is 5.24. The van der Waals surface area contributed by atoms with Gasteiger partial charge in [-0.3, -0.25) is 0 Å². The van der Waals surface area contributed by atoms with E-state index in [1.54, 1.807) is 12.1 Å². The van der Waals surface area contributed by atoms with E-state index in [4.69, 9.17) is 11.6 Å². The van der Waals surface area contributed by atoms with Crippen molar-refractivity contribution in [3.8, 4) is 0 Å². The zero-order valence-corrected chi connectivity index (χ0v) is 7.17. The Kier molecular flexibility index (Phi) is 2.92. The molecule has 0 saturated carbocycles. The van der Waals surface area contributed by atoms with Crippen molar-refractivity contribution in [2.24, 2.45) is 0 Å². The van der Waals surface area contributed by atoms with E-state index >= 15 is 0 Å². The van der Waals surface area contributed by atoms with Crippen molar-refractivity contribution in [1.29, 1.82) is 0 Å². The number of aliphatic hydroxyl groups excluding tert-OH is 1. The van der Waals surface area contributed by atoms with E-state index < -0.39 is 0 Å². The van der Waals surface area contributed by atoms with Gasteiger partial charge in [0.1, 0.15) is 0 Å². The summed E-state index contributed by atoms with van der Waals surface area (Å²) in [6.45, 7) is 1.94. The maximum atomic E-state index is 9.40. The predicted molar refractivity (Wildman–Crippen MR) is 46.7 cm³/mol. The van der Waals surface area contributed by atoms with E-state index in [2.05, 4.69) is 0 Å². The Morgan fingerprint density at radius 1 is 1.55 bits per heavy atom. The van der Waals surface area contributed by atoms with Crippen molar-refractivity contribution in [2.75, 3.05) is 0 Å². The molecule has 0 aliphatic carbocycles. The Labute approximate surface area is 71.6 Å². The lowest BCUT2D eigenvalue weighted by atomic mass is 10.1. The molecule has 0 bridgehead atoms. The zero-order chi connectivity index (χ0) is 8.27. The molecule has 0 heterocycles. The lowest BCUT2D eigenvalue weighted by molar-refractivity contribution is 0.173. The molecule has 1 aromatic carbocycles. The monoisotopic (exact) mass is 170 g/mol. The topological polar surface area (TPSA) is 20.2 Å². The molecule has 0 unspecified atom stereocenters. The Balaban J connectivity index is 2.86. The summed E-state index contributed by atoms with van der Waals surface area (Å²) in [5.41, 5.74) is 0.889. The van der Waals surface area contributed by atoms with Crippen LogP contribution in [0, 0.1) is 0 Å². The molecule has 0 aromatic heterocycles. The second-order valence-corrected chi connectivity index (χ2v) is 2.92.